The van der Waals surface area contributed by atoms with Gasteiger partial charge < -0.3 is 5.11 Å². The minimum Gasteiger partial charge on any atom is -0.478 e. The predicted octanol–water partition coefficient (Wildman–Crippen LogP) is 1.85. The second-order valence-electron chi connectivity index (χ2n) is 2.90. The number of rotatable bonds is 4. The van der Waals surface area contributed by atoms with Crippen molar-refractivity contribution in [3.63, 3.8) is 0 Å². The molecule has 0 spiro atoms. The van der Waals surface area contributed by atoms with E-state index in [0.717, 1.165) is 0 Å². The monoisotopic (exact) mass is 185 g/mol. The van der Waals surface area contributed by atoms with Gasteiger partial charge in [-0.05, 0) is 5.92 Å². The van der Waals surface area contributed by atoms with Crippen LogP contribution in [0.1, 0.15) is 20.3 Å². The molecule has 6 heteroatoms. The SMILES string of the molecule is CC(C)CC(F)(C(=O)O)N(F)F. The highest BCUT2D eigenvalue weighted by Gasteiger charge is 2.48. The molecule has 0 amide bonds. The standard InChI is InChI=1S/C6H10F3NO2/c1-4(2)3-6(7,5(11)12)10(8)9/h4H,3H2,1-2H3,(H,11,12). The zero-order valence-corrected chi connectivity index (χ0v) is 6.72. The fourth-order valence-corrected chi connectivity index (χ4v) is 0.770. The van der Waals surface area contributed by atoms with E-state index >= 15 is 0 Å². The first kappa shape index (κ1) is 11.2. The van der Waals surface area contributed by atoms with Crippen LogP contribution in [0.5, 0.6) is 0 Å². The van der Waals surface area contributed by atoms with Crippen molar-refractivity contribution in [3.8, 4) is 0 Å². The molecule has 0 radical (unpaired) electrons. The molecule has 12 heavy (non-hydrogen) atoms. The third-order valence-corrected chi connectivity index (χ3v) is 1.27. The Labute approximate surface area is 67.6 Å². The molecule has 72 valence electrons. The summed E-state index contributed by atoms with van der Waals surface area (Å²) in [6, 6.07) is 0. The normalized spacial score (nSPS) is 16.6. The summed E-state index contributed by atoms with van der Waals surface area (Å²) >= 11 is 0. The number of hydrogen-bond acceptors (Lipinski definition) is 2. The molecule has 3 nitrogen and oxygen atoms in total. The number of alkyl halides is 1. The van der Waals surface area contributed by atoms with Crippen LogP contribution in [0.15, 0.2) is 0 Å². The van der Waals surface area contributed by atoms with Gasteiger partial charge >= 0.3 is 11.8 Å². The number of aliphatic carboxylic acids is 1. The van der Waals surface area contributed by atoms with Gasteiger partial charge in [0.15, 0.2) is 0 Å². The van der Waals surface area contributed by atoms with E-state index in [0.29, 0.717) is 0 Å². The summed E-state index contributed by atoms with van der Waals surface area (Å²) in [6.45, 7) is 2.92. The molecule has 1 unspecified atom stereocenters. The molecule has 0 aliphatic rings. The van der Waals surface area contributed by atoms with Crippen molar-refractivity contribution in [2.75, 3.05) is 0 Å². The zero-order chi connectivity index (χ0) is 9.94. The van der Waals surface area contributed by atoms with E-state index in [1.54, 1.807) is 0 Å². The van der Waals surface area contributed by atoms with Crippen LogP contribution < -0.4 is 0 Å². The third-order valence-electron chi connectivity index (χ3n) is 1.27. The Kier molecular flexibility index (Phi) is 3.51. The molecule has 0 rings (SSSR count). The number of hydrogen-bond donors (Lipinski definition) is 1. The van der Waals surface area contributed by atoms with Gasteiger partial charge in [0.25, 0.3) is 0 Å². The van der Waals surface area contributed by atoms with E-state index < -0.39 is 29.4 Å². The van der Waals surface area contributed by atoms with Gasteiger partial charge in [-0.15, -0.1) is 0 Å². The number of carbonyl (C=O) groups is 1. The average Bonchev–Trinajstić information content (AvgIpc) is 1.84. The van der Waals surface area contributed by atoms with Gasteiger partial charge in [0.05, 0.1) is 5.34 Å². The van der Waals surface area contributed by atoms with Crippen molar-refractivity contribution < 1.29 is 23.3 Å². The molecule has 0 aromatic heterocycles. The summed E-state index contributed by atoms with van der Waals surface area (Å²) in [4.78, 5) is 10.1. The fourth-order valence-electron chi connectivity index (χ4n) is 0.770. The molecule has 0 heterocycles. The second-order valence-corrected chi connectivity index (χ2v) is 2.90. The van der Waals surface area contributed by atoms with E-state index in [4.69, 9.17) is 5.11 Å². The number of carboxylic acid groups (broad SMARTS) is 1. The molecule has 0 saturated heterocycles. The summed E-state index contributed by atoms with van der Waals surface area (Å²) in [6.07, 6.45) is -0.741. The van der Waals surface area contributed by atoms with E-state index in [2.05, 4.69) is 0 Å². The highest BCUT2D eigenvalue weighted by molar-refractivity contribution is 5.76. The zero-order valence-electron chi connectivity index (χ0n) is 6.72. The van der Waals surface area contributed by atoms with Gasteiger partial charge in [0.1, 0.15) is 0 Å². The molecule has 0 aromatic carbocycles. The second kappa shape index (κ2) is 3.75. The van der Waals surface area contributed by atoms with Crippen LogP contribution in [-0.4, -0.2) is 22.2 Å². The Morgan fingerprint density at radius 2 is 2.00 bits per heavy atom. The Morgan fingerprint density at radius 1 is 1.58 bits per heavy atom. The lowest BCUT2D eigenvalue weighted by Gasteiger charge is -2.21. The van der Waals surface area contributed by atoms with Crippen LogP contribution in [0, 0.1) is 5.92 Å². The van der Waals surface area contributed by atoms with E-state index in [1.807, 2.05) is 0 Å². The minimum atomic E-state index is -3.56. The lowest BCUT2D eigenvalue weighted by atomic mass is 10.0. The number of halogens is 3. The molecule has 1 atom stereocenters. The van der Waals surface area contributed by atoms with Crippen LogP contribution in [0.3, 0.4) is 0 Å². The van der Waals surface area contributed by atoms with Gasteiger partial charge in [-0.1, -0.05) is 22.8 Å². The lowest BCUT2D eigenvalue weighted by Crippen LogP contribution is -2.44. The largest absolute Gasteiger partial charge is 0.478 e. The smallest absolute Gasteiger partial charge is 0.362 e. The molecule has 1 N–H and O–H groups in total. The predicted molar refractivity (Wildman–Crippen MR) is 35.0 cm³/mol. The van der Waals surface area contributed by atoms with Gasteiger partial charge in [0, 0.05) is 6.42 Å². The van der Waals surface area contributed by atoms with Crippen LogP contribution >= 0.6 is 0 Å². The summed E-state index contributed by atoms with van der Waals surface area (Å²) < 4.78 is 36.4. The van der Waals surface area contributed by atoms with E-state index in [9.17, 15) is 18.1 Å². The maximum absolute atomic E-state index is 12.9. The summed E-state index contributed by atoms with van der Waals surface area (Å²) in [5.74, 6) is -6.19. The van der Waals surface area contributed by atoms with Crippen molar-refractivity contribution in [1.82, 2.24) is 5.34 Å². The molecular weight excluding hydrogens is 175 g/mol. The van der Waals surface area contributed by atoms with Crippen molar-refractivity contribution in [3.05, 3.63) is 0 Å². The summed E-state index contributed by atoms with van der Waals surface area (Å²) in [5, 5.41) is 6.25. The topological polar surface area (TPSA) is 40.5 Å². The van der Waals surface area contributed by atoms with E-state index in [1.165, 1.54) is 13.8 Å². The quantitative estimate of drug-likeness (QED) is 0.536. The van der Waals surface area contributed by atoms with Crippen LogP contribution in [0.2, 0.25) is 0 Å². The van der Waals surface area contributed by atoms with Crippen molar-refractivity contribution in [2.45, 2.75) is 26.1 Å². The number of carboxylic acids is 1. The Hall–Kier alpha value is -0.780. The molecule has 0 aliphatic carbocycles. The molecule has 0 aliphatic heterocycles. The average molecular weight is 185 g/mol. The Balaban J connectivity index is 4.51. The summed E-state index contributed by atoms with van der Waals surface area (Å²) in [7, 11) is 0. The maximum Gasteiger partial charge on any atom is 0.362 e. The minimum absolute atomic E-state index is 0.458. The first-order chi connectivity index (χ1) is 5.30. The van der Waals surface area contributed by atoms with Crippen LogP contribution in [0.4, 0.5) is 13.4 Å². The van der Waals surface area contributed by atoms with Gasteiger partial charge in [-0.3, -0.25) is 0 Å². The molecular formula is C6H10F3NO2. The van der Waals surface area contributed by atoms with Gasteiger partial charge in [0.2, 0.25) is 0 Å². The molecule has 0 bridgehead atoms. The highest BCUT2D eigenvalue weighted by Crippen LogP contribution is 2.27. The first-order valence-corrected chi connectivity index (χ1v) is 3.34. The maximum atomic E-state index is 12.9. The summed E-state index contributed by atoms with van der Waals surface area (Å²) in [5.41, 5.74) is 0. The molecule has 0 fully saturated rings. The van der Waals surface area contributed by atoms with Gasteiger partial charge in [-0.25, -0.2) is 9.18 Å². The first-order valence-electron chi connectivity index (χ1n) is 3.34. The third kappa shape index (κ3) is 2.37. The van der Waals surface area contributed by atoms with Crippen LogP contribution in [-0.2, 0) is 4.79 Å². The Morgan fingerprint density at radius 3 is 2.08 bits per heavy atom. The van der Waals surface area contributed by atoms with Crippen molar-refractivity contribution >= 4 is 5.97 Å². The lowest BCUT2D eigenvalue weighted by molar-refractivity contribution is -0.280. The van der Waals surface area contributed by atoms with Crippen molar-refractivity contribution in [2.24, 2.45) is 5.92 Å². The van der Waals surface area contributed by atoms with Gasteiger partial charge in [-0.2, -0.15) is 0 Å². The van der Waals surface area contributed by atoms with E-state index in [-0.39, 0.29) is 0 Å². The molecule has 0 saturated carbocycles. The number of nitrogens with zero attached hydrogens (tertiary/aromatic N) is 1. The van der Waals surface area contributed by atoms with Crippen LogP contribution in [0.25, 0.3) is 0 Å². The highest BCUT2D eigenvalue weighted by atomic mass is 19.4. The fraction of sp³-hybridized carbons (Fsp3) is 0.833. The Bertz CT molecular complexity index is 174. The molecule has 0 aromatic rings. The van der Waals surface area contributed by atoms with Crippen molar-refractivity contribution in [1.29, 1.82) is 0 Å².